The zero-order chi connectivity index (χ0) is 26.0. The molecule has 1 heterocycles. The SMILES string of the molecule is CC(C)C1C(C#N)=C(SC(C(=O)Nc2ccc(Br)cc2)c2ccccc2)NC2=C1C(=O)CC(C)(C)C2. The van der Waals surface area contributed by atoms with Crippen molar-refractivity contribution in [2.45, 2.75) is 45.8 Å². The Morgan fingerprint density at radius 2 is 1.81 bits per heavy atom. The van der Waals surface area contributed by atoms with Crippen LogP contribution in [0.4, 0.5) is 5.69 Å². The van der Waals surface area contributed by atoms with E-state index in [0.717, 1.165) is 27.7 Å². The predicted molar refractivity (Wildman–Crippen MR) is 149 cm³/mol. The van der Waals surface area contributed by atoms with Gasteiger partial charge in [0.05, 0.1) is 16.7 Å². The average molecular weight is 565 g/mol. The van der Waals surface area contributed by atoms with Gasteiger partial charge in [0, 0.05) is 33.8 Å². The summed E-state index contributed by atoms with van der Waals surface area (Å²) >= 11 is 4.76. The van der Waals surface area contributed by atoms with Gasteiger partial charge in [0.1, 0.15) is 5.25 Å². The van der Waals surface area contributed by atoms with Crippen molar-refractivity contribution in [2.75, 3.05) is 5.32 Å². The quantitative estimate of drug-likeness (QED) is 0.391. The molecule has 4 rings (SSSR count). The summed E-state index contributed by atoms with van der Waals surface area (Å²) in [7, 11) is 0. The smallest absolute Gasteiger partial charge is 0.242 e. The van der Waals surface area contributed by atoms with Crippen LogP contribution in [0.2, 0.25) is 0 Å². The number of anilines is 1. The number of nitrogens with zero attached hydrogens (tertiary/aromatic N) is 1. The van der Waals surface area contributed by atoms with Crippen LogP contribution in [0.3, 0.4) is 0 Å². The van der Waals surface area contributed by atoms with Crippen LogP contribution >= 0.6 is 27.7 Å². The minimum atomic E-state index is -0.594. The van der Waals surface area contributed by atoms with Crippen LogP contribution in [0.1, 0.15) is 51.3 Å². The Morgan fingerprint density at radius 1 is 1.14 bits per heavy atom. The third-order valence-corrected chi connectivity index (χ3v) is 8.33. The molecule has 2 aromatic carbocycles. The van der Waals surface area contributed by atoms with Crippen LogP contribution in [0.15, 0.2) is 80.9 Å². The lowest BCUT2D eigenvalue weighted by Crippen LogP contribution is -2.39. The summed E-state index contributed by atoms with van der Waals surface area (Å²) in [6.45, 7) is 8.27. The number of hydrogen-bond acceptors (Lipinski definition) is 5. The number of benzene rings is 2. The molecule has 0 bridgehead atoms. The Labute approximate surface area is 225 Å². The summed E-state index contributed by atoms with van der Waals surface area (Å²) in [5, 5.41) is 16.8. The molecule has 186 valence electrons. The zero-order valence-corrected chi connectivity index (χ0v) is 23.3. The van der Waals surface area contributed by atoms with E-state index in [1.54, 1.807) is 0 Å². The number of rotatable bonds is 6. The lowest BCUT2D eigenvalue weighted by molar-refractivity contribution is -0.119. The van der Waals surface area contributed by atoms with Gasteiger partial charge in [-0.2, -0.15) is 5.26 Å². The van der Waals surface area contributed by atoms with E-state index in [2.05, 4.69) is 46.5 Å². The minimum Gasteiger partial charge on any atom is -0.352 e. The third kappa shape index (κ3) is 5.61. The summed E-state index contributed by atoms with van der Waals surface area (Å²) in [5.74, 6) is -0.291. The van der Waals surface area contributed by atoms with Crippen molar-refractivity contribution in [3.8, 4) is 6.07 Å². The number of ketones is 1. The molecule has 7 heteroatoms. The number of nitriles is 1. The molecule has 0 radical (unpaired) electrons. The summed E-state index contributed by atoms with van der Waals surface area (Å²) in [4.78, 5) is 26.8. The number of amides is 1. The monoisotopic (exact) mass is 563 g/mol. The molecule has 0 aromatic heterocycles. The van der Waals surface area contributed by atoms with Gasteiger partial charge in [-0.25, -0.2) is 0 Å². The molecule has 2 unspecified atom stereocenters. The molecule has 2 aliphatic rings. The number of hydrogen-bond donors (Lipinski definition) is 2. The van der Waals surface area contributed by atoms with Gasteiger partial charge >= 0.3 is 0 Å². The van der Waals surface area contributed by atoms with E-state index in [0.29, 0.717) is 22.7 Å². The molecule has 0 fully saturated rings. The highest BCUT2D eigenvalue weighted by atomic mass is 79.9. The first-order chi connectivity index (χ1) is 17.1. The highest BCUT2D eigenvalue weighted by molar-refractivity contribution is 9.10. The van der Waals surface area contributed by atoms with Crippen molar-refractivity contribution in [1.29, 1.82) is 5.26 Å². The molecular weight excluding hydrogens is 534 g/mol. The normalized spacial score (nSPS) is 19.9. The fourth-order valence-corrected chi connectivity index (χ4v) is 6.38. The summed E-state index contributed by atoms with van der Waals surface area (Å²) in [5.41, 5.74) is 3.52. The fraction of sp³-hybridized carbons (Fsp3) is 0.345. The molecule has 1 aliphatic heterocycles. The van der Waals surface area contributed by atoms with E-state index in [1.165, 1.54) is 11.8 Å². The van der Waals surface area contributed by atoms with Crippen molar-refractivity contribution in [2.24, 2.45) is 17.3 Å². The van der Waals surface area contributed by atoms with Gasteiger partial charge in [0.25, 0.3) is 0 Å². The minimum absolute atomic E-state index is 0.0688. The van der Waals surface area contributed by atoms with Crippen LogP contribution in [-0.4, -0.2) is 11.7 Å². The number of halogens is 1. The van der Waals surface area contributed by atoms with E-state index in [-0.39, 0.29) is 28.9 Å². The molecule has 5 nitrogen and oxygen atoms in total. The van der Waals surface area contributed by atoms with Crippen LogP contribution in [0.25, 0.3) is 0 Å². The average Bonchev–Trinajstić information content (AvgIpc) is 2.82. The number of allylic oxidation sites excluding steroid dienone is 3. The van der Waals surface area contributed by atoms with Gasteiger partial charge in [-0.3, -0.25) is 9.59 Å². The predicted octanol–water partition coefficient (Wildman–Crippen LogP) is 7.12. The summed E-state index contributed by atoms with van der Waals surface area (Å²) in [6, 6.07) is 19.4. The molecule has 2 N–H and O–H groups in total. The second-order valence-corrected chi connectivity index (χ2v) is 12.5. The van der Waals surface area contributed by atoms with Crippen LogP contribution in [-0.2, 0) is 9.59 Å². The van der Waals surface area contributed by atoms with E-state index in [4.69, 9.17) is 0 Å². The van der Waals surface area contributed by atoms with Crippen molar-refractivity contribution >= 4 is 45.1 Å². The Hall–Kier alpha value is -2.82. The first-order valence-corrected chi connectivity index (χ1v) is 13.7. The number of nitrogens with one attached hydrogen (secondary N) is 2. The summed E-state index contributed by atoms with van der Waals surface area (Å²) < 4.78 is 0.929. The number of carbonyl (C=O) groups excluding carboxylic acids is 2. The Morgan fingerprint density at radius 3 is 2.42 bits per heavy atom. The highest BCUT2D eigenvalue weighted by Gasteiger charge is 2.43. The lowest BCUT2D eigenvalue weighted by Gasteiger charge is -2.40. The van der Waals surface area contributed by atoms with Crippen molar-refractivity contribution in [1.82, 2.24) is 5.32 Å². The van der Waals surface area contributed by atoms with Crippen molar-refractivity contribution in [3.63, 3.8) is 0 Å². The van der Waals surface area contributed by atoms with Crippen molar-refractivity contribution < 1.29 is 9.59 Å². The lowest BCUT2D eigenvalue weighted by atomic mass is 9.68. The maximum Gasteiger partial charge on any atom is 0.242 e. The first-order valence-electron chi connectivity index (χ1n) is 12.0. The van der Waals surface area contributed by atoms with Gasteiger partial charge in [-0.1, -0.05) is 85.7 Å². The van der Waals surface area contributed by atoms with Crippen LogP contribution < -0.4 is 10.6 Å². The van der Waals surface area contributed by atoms with Gasteiger partial charge in [0.2, 0.25) is 5.91 Å². The highest BCUT2D eigenvalue weighted by Crippen LogP contribution is 2.48. The largest absolute Gasteiger partial charge is 0.352 e. The molecule has 1 amide bonds. The Kier molecular flexibility index (Phi) is 7.77. The van der Waals surface area contributed by atoms with Gasteiger partial charge in [-0.15, -0.1) is 0 Å². The Bertz CT molecular complexity index is 1270. The Balaban J connectivity index is 1.73. The number of carbonyl (C=O) groups is 2. The zero-order valence-electron chi connectivity index (χ0n) is 20.9. The van der Waals surface area contributed by atoms with Crippen LogP contribution in [0.5, 0.6) is 0 Å². The molecule has 0 saturated carbocycles. The number of thioether (sulfide) groups is 1. The first kappa shape index (κ1) is 26.2. The maximum atomic E-state index is 13.6. The third-order valence-electron chi connectivity index (χ3n) is 6.53. The molecule has 2 aromatic rings. The molecule has 36 heavy (non-hydrogen) atoms. The van der Waals surface area contributed by atoms with E-state index >= 15 is 0 Å². The topological polar surface area (TPSA) is 82.0 Å². The van der Waals surface area contributed by atoms with E-state index < -0.39 is 5.25 Å². The molecule has 2 atom stereocenters. The summed E-state index contributed by atoms with van der Waals surface area (Å²) in [6.07, 6.45) is 1.20. The molecular formula is C29H30BrN3O2S. The standard InChI is InChI=1S/C29H30BrN3O2S/c1-17(2)24-21(16-31)28(33-22-14-29(3,4)15-23(34)25(22)24)36-26(18-8-6-5-7-9-18)27(35)32-20-12-10-19(30)11-13-20/h5-13,17,24,26,33H,14-15H2,1-4H3,(H,32,35). The number of Topliss-reactive ketones (excluding diaryl/α,β-unsaturated/α-hetero) is 1. The van der Waals surface area contributed by atoms with Gasteiger partial charge in [-0.05, 0) is 47.6 Å². The molecule has 0 spiro atoms. The van der Waals surface area contributed by atoms with Gasteiger partial charge < -0.3 is 10.6 Å². The molecule has 1 aliphatic carbocycles. The number of dihydropyridines is 1. The second kappa shape index (κ2) is 10.7. The van der Waals surface area contributed by atoms with Crippen LogP contribution in [0, 0.1) is 28.6 Å². The second-order valence-electron chi connectivity index (χ2n) is 10.4. The van der Waals surface area contributed by atoms with E-state index in [1.807, 2.05) is 68.4 Å². The molecule has 0 saturated heterocycles. The maximum absolute atomic E-state index is 13.6. The van der Waals surface area contributed by atoms with Gasteiger partial charge in [0.15, 0.2) is 5.78 Å². The van der Waals surface area contributed by atoms with E-state index in [9.17, 15) is 14.9 Å². The fourth-order valence-electron chi connectivity index (χ4n) is 4.94. The van der Waals surface area contributed by atoms with Crippen molar-refractivity contribution in [3.05, 3.63) is 86.5 Å².